The van der Waals surface area contributed by atoms with Gasteiger partial charge in [-0.25, -0.2) is 0 Å². The highest BCUT2D eigenvalue weighted by atomic mass is 79.9. The van der Waals surface area contributed by atoms with Crippen molar-refractivity contribution >= 4 is 28.3 Å². The van der Waals surface area contributed by atoms with Crippen LogP contribution in [0.2, 0.25) is 0 Å². The lowest BCUT2D eigenvalue weighted by atomic mass is 10.2. The molecule has 5 nitrogen and oxygen atoms in total. The number of halogens is 2. The van der Waals surface area contributed by atoms with Crippen molar-refractivity contribution in [1.82, 2.24) is 15.0 Å². The molecule has 2 N–H and O–H groups in total. The molecule has 2 heterocycles. The summed E-state index contributed by atoms with van der Waals surface area (Å²) in [7, 11) is 0. The van der Waals surface area contributed by atoms with Crippen LogP contribution in [0, 0.1) is 0 Å². The van der Waals surface area contributed by atoms with Gasteiger partial charge in [0.15, 0.2) is 0 Å². The van der Waals surface area contributed by atoms with Gasteiger partial charge in [0.25, 0.3) is 0 Å². The number of nitrogens with zero attached hydrogens (tertiary/aromatic N) is 3. The standard InChI is InChI=1S/C13H15BrN4O.ClH/c14-10-3-1-2-9(6-10)13-16-12(19-17-13)8-18-5-4-11(15)7-18;/h1-3,6,11H,4-5,7-8,15H2;1H. The maximum atomic E-state index is 5.88. The van der Waals surface area contributed by atoms with Gasteiger partial charge in [-0.2, -0.15) is 4.98 Å². The number of likely N-dealkylation sites (tertiary alicyclic amines) is 1. The third kappa shape index (κ3) is 3.58. The summed E-state index contributed by atoms with van der Waals surface area (Å²) < 4.78 is 6.30. The first kappa shape index (κ1) is 15.4. The first-order valence-corrected chi connectivity index (χ1v) is 7.06. The fourth-order valence-corrected chi connectivity index (χ4v) is 2.66. The zero-order valence-electron chi connectivity index (χ0n) is 10.8. The van der Waals surface area contributed by atoms with E-state index in [0.29, 0.717) is 18.3 Å². The van der Waals surface area contributed by atoms with Crippen LogP contribution in [0.25, 0.3) is 11.4 Å². The lowest BCUT2D eigenvalue weighted by Gasteiger charge is -2.10. The predicted octanol–water partition coefficient (Wildman–Crippen LogP) is 2.45. The smallest absolute Gasteiger partial charge is 0.241 e. The highest BCUT2D eigenvalue weighted by molar-refractivity contribution is 9.10. The van der Waals surface area contributed by atoms with Crippen molar-refractivity contribution in [3.05, 3.63) is 34.6 Å². The SMILES string of the molecule is Cl.NC1CCN(Cc2nc(-c3cccc(Br)c3)no2)C1. The quantitative estimate of drug-likeness (QED) is 0.911. The van der Waals surface area contributed by atoms with Crippen molar-refractivity contribution in [3.8, 4) is 11.4 Å². The van der Waals surface area contributed by atoms with Crippen molar-refractivity contribution < 1.29 is 4.52 Å². The fourth-order valence-electron chi connectivity index (χ4n) is 2.26. The normalized spacial score (nSPS) is 19.0. The average molecular weight is 360 g/mol. The zero-order valence-corrected chi connectivity index (χ0v) is 13.2. The van der Waals surface area contributed by atoms with E-state index in [1.807, 2.05) is 24.3 Å². The number of nitrogens with two attached hydrogens (primary N) is 1. The second-order valence-electron chi connectivity index (χ2n) is 4.81. The van der Waals surface area contributed by atoms with Gasteiger partial charge < -0.3 is 10.3 Å². The van der Waals surface area contributed by atoms with Gasteiger partial charge in [-0.1, -0.05) is 33.2 Å². The Hall–Kier alpha value is -0.950. The first-order chi connectivity index (χ1) is 9.20. The summed E-state index contributed by atoms with van der Waals surface area (Å²) >= 11 is 3.44. The summed E-state index contributed by atoms with van der Waals surface area (Å²) in [5.74, 6) is 1.27. The fraction of sp³-hybridized carbons (Fsp3) is 0.385. The minimum Gasteiger partial charge on any atom is -0.338 e. The molecular formula is C13H16BrClN4O. The van der Waals surface area contributed by atoms with Crippen LogP contribution in [0.15, 0.2) is 33.3 Å². The Labute approximate surface area is 132 Å². The van der Waals surface area contributed by atoms with Gasteiger partial charge in [-0.3, -0.25) is 4.90 Å². The molecule has 0 bridgehead atoms. The van der Waals surface area contributed by atoms with E-state index in [4.69, 9.17) is 10.3 Å². The number of aromatic nitrogens is 2. The Morgan fingerprint density at radius 2 is 2.30 bits per heavy atom. The Kier molecular flexibility index (Phi) is 5.15. The molecule has 1 aliphatic heterocycles. The van der Waals surface area contributed by atoms with Crippen LogP contribution in [0.1, 0.15) is 12.3 Å². The van der Waals surface area contributed by atoms with Crippen LogP contribution in [0.5, 0.6) is 0 Å². The highest BCUT2D eigenvalue weighted by Gasteiger charge is 2.21. The van der Waals surface area contributed by atoms with E-state index in [1.165, 1.54) is 0 Å². The van der Waals surface area contributed by atoms with Gasteiger partial charge in [-0.05, 0) is 18.6 Å². The minimum absolute atomic E-state index is 0. The second-order valence-corrected chi connectivity index (χ2v) is 5.72. The van der Waals surface area contributed by atoms with Gasteiger partial charge in [0.05, 0.1) is 6.54 Å². The van der Waals surface area contributed by atoms with Crippen molar-refractivity contribution in [2.45, 2.75) is 19.0 Å². The first-order valence-electron chi connectivity index (χ1n) is 6.27. The van der Waals surface area contributed by atoms with Gasteiger partial charge in [0.1, 0.15) is 0 Å². The van der Waals surface area contributed by atoms with Crippen molar-refractivity contribution in [3.63, 3.8) is 0 Å². The number of hydrogen-bond acceptors (Lipinski definition) is 5. The third-order valence-corrected chi connectivity index (χ3v) is 3.71. The molecule has 0 aliphatic carbocycles. The van der Waals surface area contributed by atoms with E-state index in [9.17, 15) is 0 Å². The molecule has 3 rings (SSSR count). The molecule has 7 heteroatoms. The molecule has 0 saturated carbocycles. The molecule has 20 heavy (non-hydrogen) atoms. The molecule has 1 aromatic carbocycles. The lowest BCUT2D eigenvalue weighted by molar-refractivity contribution is 0.265. The molecule has 1 saturated heterocycles. The molecule has 0 amide bonds. The van der Waals surface area contributed by atoms with Crippen molar-refractivity contribution in [1.29, 1.82) is 0 Å². The van der Waals surface area contributed by atoms with Crippen molar-refractivity contribution in [2.75, 3.05) is 13.1 Å². The Bertz CT molecular complexity index is 577. The van der Waals surface area contributed by atoms with Crippen molar-refractivity contribution in [2.24, 2.45) is 5.73 Å². The van der Waals surface area contributed by atoms with Crippen LogP contribution in [0.4, 0.5) is 0 Å². The molecule has 108 valence electrons. The molecule has 1 aliphatic rings. The van der Waals surface area contributed by atoms with E-state index in [2.05, 4.69) is 31.0 Å². The van der Waals surface area contributed by atoms with Gasteiger partial charge in [0.2, 0.25) is 11.7 Å². The third-order valence-electron chi connectivity index (χ3n) is 3.22. The minimum atomic E-state index is 0. The largest absolute Gasteiger partial charge is 0.338 e. The van der Waals surface area contributed by atoms with E-state index < -0.39 is 0 Å². The molecule has 1 aromatic heterocycles. The number of hydrogen-bond donors (Lipinski definition) is 1. The summed E-state index contributed by atoms with van der Waals surface area (Å²) in [6.45, 7) is 2.57. The van der Waals surface area contributed by atoms with E-state index in [-0.39, 0.29) is 18.4 Å². The van der Waals surface area contributed by atoms with Gasteiger partial charge >= 0.3 is 0 Å². The highest BCUT2D eigenvalue weighted by Crippen LogP contribution is 2.21. The molecule has 1 fully saturated rings. The van der Waals surface area contributed by atoms with E-state index in [1.54, 1.807) is 0 Å². The van der Waals surface area contributed by atoms with Crippen LogP contribution in [-0.2, 0) is 6.54 Å². The van der Waals surface area contributed by atoms with Gasteiger partial charge in [-0.15, -0.1) is 12.4 Å². The summed E-state index contributed by atoms with van der Waals surface area (Å²) in [4.78, 5) is 6.67. The summed E-state index contributed by atoms with van der Waals surface area (Å²) in [5, 5.41) is 4.02. The van der Waals surface area contributed by atoms with Crippen LogP contribution < -0.4 is 5.73 Å². The molecule has 0 radical (unpaired) electrons. The molecular weight excluding hydrogens is 344 g/mol. The topological polar surface area (TPSA) is 68.2 Å². The molecule has 1 atom stereocenters. The van der Waals surface area contributed by atoms with Crippen LogP contribution in [0.3, 0.4) is 0 Å². The Morgan fingerprint density at radius 3 is 3.00 bits per heavy atom. The maximum absolute atomic E-state index is 5.88. The van der Waals surface area contributed by atoms with E-state index >= 15 is 0 Å². The van der Waals surface area contributed by atoms with Crippen LogP contribution in [-0.4, -0.2) is 34.2 Å². The Morgan fingerprint density at radius 1 is 1.45 bits per heavy atom. The average Bonchev–Trinajstić information content (AvgIpc) is 2.99. The molecule has 1 unspecified atom stereocenters. The zero-order chi connectivity index (χ0) is 13.2. The van der Waals surface area contributed by atoms with Crippen LogP contribution >= 0.6 is 28.3 Å². The Balaban J connectivity index is 0.00000147. The van der Waals surface area contributed by atoms with Gasteiger partial charge in [0, 0.05) is 29.2 Å². The maximum Gasteiger partial charge on any atom is 0.241 e. The number of rotatable bonds is 3. The lowest BCUT2D eigenvalue weighted by Crippen LogP contribution is -2.26. The summed E-state index contributed by atoms with van der Waals surface area (Å²) in [5.41, 5.74) is 6.82. The molecule has 2 aromatic rings. The number of benzene rings is 1. The molecule has 0 spiro atoms. The summed E-state index contributed by atoms with van der Waals surface area (Å²) in [6.07, 6.45) is 1.03. The van der Waals surface area contributed by atoms with E-state index in [0.717, 1.165) is 29.5 Å². The second kappa shape index (κ2) is 6.67. The predicted molar refractivity (Wildman–Crippen MR) is 82.6 cm³/mol. The summed E-state index contributed by atoms with van der Waals surface area (Å²) in [6, 6.07) is 8.13. The monoisotopic (exact) mass is 358 g/mol.